The maximum atomic E-state index is 3.34. The van der Waals surface area contributed by atoms with Gasteiger partial charge < -0.3 is 5.32 Å². The Balaban J connectivity index is 2.60. The Morgan fingerprint density at radius 3 is 2.82 bits per heavy atom. The summed E-state index contributed by atoms with van der Waals surface area (Å²) in [5.74, 6) is 0. The Kier molecular flexibility index (Phi) is 6.64. The molecule has 0 saturated heterocycles. The van der Waals surface area contributed by atoms with Crippen molar-refractivity contribution in [2.24, 2.45) is 0 Å². The van der Waals surface area contributed by atoms with Crippen LogP contribution in [-0.4, -0.2) is 13.1 Å². The molecule has 94 valence electrons. The molecule has 0 aliphatic carbocycles. The molecule has 0 fully saturated rings. The lowest BCUT2D eigenvalue weighted by atomic mass is 10.0. The summed E-state index contributed by atoms with van der Waals surface area (Å²) < 4.78 is 0. The Morgan fingerprint density at radius 2 is 2.12 bits per heavy atom. The molecule has 17 heavy (non-hydrogen) atoms. The number of aryl methyl sites for hydroxylation is 1. The van der Waals surface area contributed by atoms with Crippen molar-refractivity contribution in [3.05, 3.63) is 41.5 Å². The van der Waals surface area contributed by atoms with Crippen molar-refractivity contribution < 1.29 is 0 Å². The quantitative estimate of drug-likeness (QED) is 0.698. The van der Waals surface area contributed by atoms with Crippen LogP contribution in [0.4, 0.5) is 0 Å². The van der Waals surface area contributed by atoms with Crippen molar-refractivity contribution in [1.82, 2.24) is 5.32 Å². The number of nitrogens with one attached hydrogen (secondary N) is 1. The van der Waals surface area contributed by atoms with Crippen LogP contribution in [0, 0.1) is 0 Å². The van der Waals surface area contributed by atoms with E-state index >= 15 is 0 Å². The topological polar surface area (TPSA) is 12.0 Å². The molecule has 1 nitrogen and oxygen atoms in total. The van der Waals surface area contributed by atoms with E-state index in [2.05, 4.69) is 56.4 Å². The van der Waals surface area contributed by atoms with Gasteiger partial charge in [-0.3, -0.25) is 0 Å². The van der Waals surface area contributed by atoms with Crippen LogP contribution in [-0.2, 0) is 6.42 Å². The van der Waals surface area contributed by atoms with Gasteiger partial charge in [0.1, 0.15) is 0 Å². The van der Waals surface area contributed by atoms with Crippen LogP contribution in [0.15, 0.2) is 30.3 Å². The SMILES string of the molecule is CCCc1cccc(/C(C)=C/CCNCC)c1. The summed E-state index contributed by atoms with van der Waals surface area (Å²) in [5.41, 5.74) is 4.21. The lowest BCUT2D eigenvalue weighted by Gasteiger charge is -2.05. The number of hydrogen-bond acceptors (Lipinski definition) is 1. The standard InChI is InChI=1S/C16H25N/c1-4-8-15-10-6-11-16(13-15)14(3)9-7-12-17-5-2/h6,9-11,13,17H,4-5,7-8,12H2,1-3H3/b14-9+. The van der Waals surface area contributed by atoms with E-state index in [9.17, 15) is 0 Å². The fourth-order valence-electron chi connectivity index (χ4n) is 1.95. The van der Waals surface area contributed by atoms with E-state index in [-0.39, 0.29) is 0 Å². The maximum Gasteiger partial charge on any atom is -0.00142 e. The molecule has 0 aliphatic rings. The first-order valence-electron chi connectivity index (χ1n) is 6.74. The van der Waals surface area contributed by atoms with Crippen molar-refractivity contribution in [1.29, 1.82) is 0 Å². The number of rotatable bonds is 7. The van der Waals surface area contributed by atoms with Gasteiger partial charge in [0.2, 0.25) is 0 Å². The van der Waals surface area contributed by atoms with Crippen molar-refractivity contribution >= 4 is 5.57 Å². The Hall–Kier alpha value is -1.08. The molecule has 0 unspecified atom stereocenters. The first-order valence-corrected chi connectivity index (χ1v) is 6.74. The average molecular weight is 231 g/mol. The van der Waals surface area contributed by atoms with Gasteiger partial charge in [-0.1, -0.05) is 50.6 Å². The van der Waals surface area contributed by atoms with Crippen LogP contribution in [0.1, 0.15) is 44.7 Å². The van der Waals surface area contributed by atoms with Gasteiger partial charge in [-0.25, -0.2) is 0 Å². The summed E-state index contributed by atoms with van der Waals surface area (Å²) in [7, 11) is 0. The molecule has 0 amide bonds. The zero-order valence-corrected chi connectivity index (χ0v) is 11.4. The van der Waals surface area contributed by atoms with Crippen molar-refractivity contribution in [3.8, 4) is 0 Å². The van der Waals surface area contributed by atoms with E-state index in [0.717, 1.165) is 19.5 Å². The van der Waals surface area contributed by atoms with Crippen LogP contribution >= 0.6 is 0 Å². The minimum absolute atomic E-state index is 1.05. The summed E-state index contributed by atoms with van der Waals surface area (Å²) in [5, 5.41) is 3.34. The van der Waals surface area contributed by atoms with Crippen LogP contribution in [0.3, 0.4) is 0 Å². The highest BCUT2D eigenvalue weighted by atomic mass is 14.8. The van der Waals surface area contributed by atoms with Crippen molar-refractivity contribution in [2.45, 2.75) is 40.0 Å². The Labute approximate surface area is 106 Å². The number of allylic oxidation sites excluding steroid dienone is 1. The predicted molar refractivity (Wildman–Crippen MR) is 77.2 cm³/mol. The van der Waals surface area contributed by atoms with Gasteiger partial charge in [0.25, 0.3) is 0 Å². The van der Waals surface area contributed by atoms with Gasteiger partial charge in [-0.05, 0) is 49.6 Å². The second kappa shape index (κ2) is 8.08. The largest absolute Gasteiger partial charge is 0.317 e. The minimum atomic E-state index is 1.05. The van der Waals surface area contributed by atoms with E-state index in [1.54, 1.807) is 0 Å². The van der Waals surface area contributed by atoms with Crippen LogP contribution < -0.4 is 5.32 Å². The molecule has 1 rings (SSSR count). The summed E-state index contributed by atoms with van der Waals surface area (Å²) in [6.45, 7) is 8.70. The molecule has 0 aromatic heterocycles. The van der Waals surface area contributed by atoms with E-state index in [0.29, 0.717) is 0 Å². The van der Waals surface area contributed by atoms with E-state index < -0.39 is 0 Å². The molecule has 0 atom stereocenters. The molecule has 1 aromatic rings. The van der Waals surface area contributed by atoms with E-state index in [1.807, 2.05) is 0 Å². The fraction of sp³-hybridized carbons (Fsp3) is 0.500. The minimum Gasteiger partial charge on any atom is -0.317 e. The summed E-state index contributed by atoms with van der Waals surface area (Å²) in [4.78, 5) is 0. The van der Waals surface area contributed by atoms with Crippen LogP contribution in [0.5, 0.6) is 0 Å². The summed E-state index contributed by atoms with van der Waals surface area (Å²) in [6.07, 6.45) is 5.83. The fourth-order valence-corrected chi connectivity index (χ4v) is 1.95. The van der Waals surface area contributed by atoms with Crippen LogP contribution in [0.25, 0.3) is 5.57 Å². The van der Waals surface area contributed by atoms with Gasteiger partial charge in [-0.2, -0.15) is 0 Å². The zero-order chi connectivity index (χ0) is 12.5. The van der Waals surface area contributed by atoms with Crippen molar-refractivity contribution in [3.63, 3.8) is 0 Å². The molecular weight excluding hydrogens is 206 g/mol. The second-order valence-electron chi connectivity index (χ2n) is 4.48. The molecule has 0 aliphatic heterocycles. The smallest absolute Gasteiger partial charge is 0.00142 e. The third-order valence-corrected chi connectivity index (χ3v) is 2.94. The van der Waals surface area contributed by atoms with Crippen LogP contribution in [0.2, 0.25) is 0 Å². The van der Waals surface area contributed by atoms with E-state index in [1.165, 1.54) is 29.5 Å². The summed E-state index contributed by atoms with van der Waals surface area (Å²) in [6, 6.07) is 8.92. The Bertz CT molecular complexity index is 352. The van der Waals surface area contributed by atoms with Gasteiger partial charge in [-0.15, -0.1) is 0 Å². The Morgan fingerprint density at radius 1 is 1.29 bits per heavy atom. The molecule has 0 saturated carbocycles. The highest BCUT2D eigenvalue weighted by Gasteiger charge is 1.97. The predicted octanol–water partition coefficient (Wildman–Crippen LogP) is 4.04. The third-order valence-electron chi connectivity index (χ3n) is 2.94. The average Bonchev–Trinajstić information content (AvgIpc) is 2.35. The molecule has 0 heterocycles. The molecule has 1 aromatic carbocycles. The van der Waals surface area contributed by atoms with Crippen molar-refractivity contribution in [2.75, 3.05) is 13.1 Å². The lowest BCUT2D eigenvalue weighted by molar-refractivity contribution is 0.727. The van der Waals surface area contributed by atoms with Gasteiger partial charge in [0, 0.05) is 0 Å². The normalized spacial score (nSPS) is 11.8. The maximum absolute atomic E-state index is 3.34. The monoisotopic (exact) mass is 231 g/mol. The van der Waals surface area contributed by atoms with Gasteiger partial charge in [0.05, 0.1) is 0 Å². The molecular formula is C16H25N. The lowest BCUT2D eigenvalue weighted by Crippen LogP contribution is -2.13. The number of benzene rings is 1. The highest BCUT2D eigenvalue weighted by Crippen LogP contribution is 2.16. The van der Waals surface area contributed by atoms with Gasteiger partial charge >= 0.3 is 0 Å². The molecule has 0 radical (unpaired) electrons. The first kappa shape index (κ1) is 14.0. The van der Waals surface area contributed by atoms with E-state index in [4.69, 9.17) is 0 Å². The second-order valence-corrected chi connectivity index (χ2v) is 4.48. The van der Waals surface area contributed by atoms with Gasteiger partial charge in [0.15, 0.2) is 0 Å². The highest BCUT2D eigenvalue weighted by molar-refractivity contribution is 5.64. The third kappa shape index (κ3) is 5.18. The first-order chi connectivity index (χ1) is 8.27. The molecule has 1 heteroatoms. The molecule has 0 spiro atoms. The molecule has 1 N–H and O–H groups in total. The number of hydrogen-bond donors (Lipinski definition) is 1. The summed E-state index contributed by atoms with van der Waals surface area (Å²) >= 11 is 0. The molecule has 0 bridgehead atoms. The zero-order valence-electron chi connectivity index (χ0n) is 11.4.